The quantitative estimate of drug-likeness (QED) is 0.504. The third kappa shape index (κ3) is 2.85. The van der Waals surface area contributed by atoms with E-state index in [0.717, 1.165) is 28.2 Å². The second-order valence-corrected chi connectivity index (χ2v) is 5.17. The van der Waals surface area contributed by atoms with Crippen LogP contribution < -0.4 is 0 Å². The molecule has 0 fully saturated rings. The number of aromatic amines is 1. The summed E-state index contributed by atoms with van der Waals surface area (Å²) in [5.74, 6) is -0.250. The maximum atomic E-state index is 11.7. The number of esters is 1. The predicted octanol–water partition coefficient (Wildman–Crippen LogP) is 3.71. The zero-order valence-electron chi connectivity index (χ0n) is 10.3. The van der Waals surface area contributed by atoms with Crippen molar-refractivity contribution >= 4 is 39.5 Å². The normalized spacial score (nSPS) is 10.8. The topological polar surface area (TPSA) is 42.1 Å². The molecule has 2 aromatic rings. The van der Waals surface area contributed by atoms with E-state index in [9.17, 15) is 4.79 Å². The Hall–Kier alpha value is -1.04. The van der Waals surface area contributed by atoms with Gasteiger partial charge in [0.15, 0.2) is 0 Å². The number of hydrogen-bond donors (Lipinski definition) is 1. The number of nitrogens with one attached hydrogen (secondary N) is 1. The fourth-order valence-corrected chi connectivity index (χ4v) is 2.37. The maximum Gasteiger partial charge on any atom is 0.338 e. The summed E-state index contributed by atoms with van der Waals surface area (Å²) >= 11 is 2.38. The van der Waals surface area contributed by atoms with E-state index in [1.165, 1.54) is 5.56 Å². The van der Waals surface area contributed by atoms with Gasteiger partial charge in [0.2, 0.25) is 0 Å². The van der Waals surface area contributed by atoms with Crippen LogP contribution >= 0.6 is 22.6 Å². The van der Waals surface area contributed by atoms with Crippen LogP contribution in [0.3, 0.4) is 0 Å². The molecule has 0 atom stereocenters. The van der Waals surface area contributed by atoms with E-state index in [1.54, 1.807) is 6.07 Å². The number of carbonyl (C=O) groups is 1. The number of hydrogen-bond acceptors (Lipinski definition) is 2. The number of alkyl halides is 1. The van der Waals surface area contributed by atoms with Gasteiger partial charge in [0.25, 0.3) is 0 Å². The van der Waals surface area contributed by atoms with E-state index in [2.05, 4.69) is 27.6 Å². The highest BCUT2D eigenvalue weighted by Gasteiger charge is 2.10. The van der Waals surface area contributed by atoms with Crippen LogP contribution in [-0.2, 0) is 11.2 Å². The van der Waals surface area contributed by atoms with Gasteiger partial charge in [-0.2, -0.15) is 0 Å². The van der Waals surface area contributed by atoms with Crippen molar-refractivity contribution in [2.24, 2.45) is 0 Å². The number of aromatic nitrogens is 1. The predicted molar refractivity (Wildman–Crippen MR) is 81.5 cm³/mol. The maximum absolute atomic E-state index is 11.7. The molecule has 0 radical (unpaired) electrons. The van der Waals surface area contributed by atoms with E-state index in [-0.39, 0.29) is 5.97 Å². The highest BCUT2D eigenvalue weighted by atomic mass is 127. The molecule has 96 valence electrons. The van der Waals surface area contributed by atoms with Crippen LogP contribution in [0.1, 0.15) is 29.3 Å². The lowest BCUT2D eigenvalue weighted by molar-refractivity contribution is 0.0526. The van der Waals surface area contributed by atoms with Gasteiger partial charge in [-0.15, -0.1) is 0 Å². The second-order valence-electron chi connectivity index (χ2n) is 4.09. The number of fused-ring (bicyclic) bond motifs is 1. The lowest BCUT2D eigenvalue weighted by Gasteiger charge is -2.03. The number of aryl methyl sites for hydroxylation is 1. The fraction of sp³-hybridized carbons (Fsp3) is 0.357. The highest BCUT2D eigenvalue weighted by Crippen LogP contribution is 2.21. The molecule has 0 bridgehead atoms. The Bertz CT molecular complexity index is 548. The molecule has 4 heteroatoms. The van der Waals surface area contributed by atoms with Gasteiger partial charge >= 0.3 is 5.97 Å². The average Bonchev–Trinajstić information content (AvgIpc) is 2.79. The first-order valence-electron chi connectivity index (χ1n) is 6.09. The molecule has 0 unspecified atom stereocenters. The van der Waals surface area contributed by atoms with Crippen LogP contribution in [-0.4, -0.2) is 22.0 Å². The minimum absolute atomic E-state index is 0.250. The first-order chi connectivity index (χ1) is 8.76. The Kier molecular flexibility index (Phi) is 4.63. The van der Waals surface area contributed by atoms with Crippen molar-refractivity contribution < 1.29 is 9.53 Å². The van der Waals surface area contributed by atoms with Crippen molar-refractivity contribution in [3.63, 3.8) is 0 Å². The number of ether oxygens (including phenoxy) is 1. The lowest BCUT2D eigenvalue weighted by atomic mass is 10.1. The van der Waals surface area contributed by atoms with Crippen LogP contribution in [0, 0.1) is 0 Å². The summed E-state index contributed by atoms with van der Waals surface area (Å²) in [5.41, 5.74) is 2.97. The summed E-state index contributed by atoms with van der Waals surface area (Å²) in [6.45, 7) is 2.23. The van der Waals surface area contributed by atoms with Crippen molar-refractivity contribution in [1.82, 2.24) is 4.98 Å². The van der Waals surface area contributed by atoms with Crippen LogP contribution in [0.2, 0.25) is 0 Å². The Balaban J connectivity index is 2.32. The minimum atomic E-state index is -0.250. The van der Waals surface area contributed by atoms with Gasteiger partial charge in [0.05, 0.1) is 12.2 Å². The van der Waals surface area contributed by atoms with E-state index >= 15 is 0 Å². The van der Waals surface area contributed by atoms with Gasteiger partial charge in [0.1, 0.15) is 0 Å². The summed E-state index contributed by atoms with van der Waals surface area (Å²) in [6, 6.07) is 5.67. The first-order valence-corrected chi connectivity index (χ1v) is 7.62. The average molecular weight is 357 g/mol. The molecule has 0 aliphatic heterocycles. The largest absolute Gasteiger partial charge is 0.462 e. The molecule has 2 rings (SSSR count). The fourth-order valence-electron chi connectivity index (χ4n) is 1.98. The Labute approximate surface area is 120 Å². The monoisotopic (exact) mass is 357 g/mol. The van der Waals surface area contributed by atoms with Crippen molar-refractivity contribution in [3.05, 3.63) is 35.5 Å². The molecular formula is C14H16INO2. The van der Waals surface area contributed by atoms with Gasteiger partial charge in [-0.05, 0) is 48.0 Å². The summed E-state index contributed by atoms with van der Waals surface area (Å²) in [5, 5.41) is 1.13. The number of carbonyl (C=O) groups excluding carboxylic acids is 1. The van der Waals surface area contributed by atoms with Gasteiger partial charge in [-0.3, -0.25) is 0 Å². The summed E-state index contributed by atoms with van der Waals surface area (Å²) < 4.78 is 6.16. The molecule has 0 amide bonds. The summed E-state index contributed by atoms with van der Waals surface area (Å²) in [7, 11) is 0. The molecule has 0 saturated heterocycles. The molecule has 1 aromatic heterocycles. The molecular weight excluding hydrogens is 341 g/mol. The molecule has 0 saturated carbocycles. The van der Waals surface area contributed by atoms with Crippen LogP contribution in [0.25, 0.3) is 10.9 Å². The zero-order chi connectivity index (χ0) is 13.0. The van der Waals surface area contributed by atoms with Crippen molar-refractivity contribution in [3.8, 4) is 0 Å². The highest BCUT2D eigenvalue weighted by molar-refractivity contribution is 14.1. The second kappa shape index (κ2) is 6.22. The summed E-state index contributed by atoms with van der Waals surface area (Å²) in [6.07, 6.45) is 4.22. The first kappa shape index (κ1) is 13.4. The van der Waals surface area contributed by atoms with Gasteiger partial charge < -0.3 is 9.72 Å². The third-order valence-corrected chi connectivity index (χ3v) is 3.62. The molecule has 0 spiro atoms. The number of rotatable bonds is 5. The molecule has 1 heterocycles. The van der Waals surface area contributed by atoms with E-state index in [4.69, 9.17) is 4.74 Å². The van der Waals surface area contributed by atoms with E-state index in [0.29, 0.717) is 12.2 Å². The standard InChI is InChI=1S/C14H16INO2/c1-2-18-14(17)10-5-6-13-12(8-10)11(9-16-13)4-3-7-15/h5-6,8-9,16H,2-4,7H2,1H3. The summed E-state index contributed by atoms with van der Waals surface area (Å²) in [4.78, 5) is 14.9. The van der Waals surface area contributed by atoms with Crippen molar-refractivity contribution in [2.45, 2.75) is 19.8 Å². The van der Waals surface area contributed by atoms with Gasteiger partial charge in [-0.1, -0.05) is 22.6 Å². The molecule has 1 aromatic carbocycles. The molecule has 18 heavy (non-hydrogen) atoms. The molecule has 1 N–H and O–H groups in total. The lowest BCUT2D eigenvalue weighted by Crippen LogP contribution is -2.04. The molecule has 0 aliphatic carbocycles. The van der Waals surface area contributed by atoms with E-state index in [1.807, 2.05) is 25.3 Å². The number of benzene rings is 1. The van der Waals surface area contributed by atoms with Crippen LogP contribution in [0.5, 0.6) is 0 Å². The Morgan fingerprint density at radius 1 is 1.44 bits per heavy atom. The van der Waals surface area contributed by atoms with Crippen LogP contribution in [0.15, 0.2) is 24.4 Å². The molecule has 3 nitrogen and oxygen atoms in total. The van der Waals surface area contributed by atoms with Gasteiger partial charge in [0, 0.05) is 17.1 Å². The molecule has 0 aliphatic rings. The minimum Gasteiger partial charge on any atom is -0.462 e. The van der Waals surface area contributed by atoms with Crippen molar-refractivity contribution in [1.29, 1.82) is 0 Å². The van der Waals surface area contributed by atoms with Crippen LogP contribution in [0.4, 0.5) is 0 Å². The smallest absolute Gasteiger partial charge is 0.338 e. The Morgan fingerprint density at radius 2 is 2.28 bits per heavy atom. The van der Waals surface area contributed by atoms with Crippen molar-refractivity contribution in [2.75, 3.05) is 11.0 Å². The number of halogens is 1. The SMILES string of the molecule is CCOC(=O)c1ccc2[nH]cc(CCCI)c2c1. The Morgan fingerprint density at radius 3 is 3.00 bits per heavy atom. The third-order valence-electron chi connectivity index (χ3n) is 2.86. The van der Waals surface area contributed by atoms with Gasteiger partial charge in [-0.25, -0.2) is 4.79 Å². The van der Waals surface area contributed by atoms with E-state index < -0.39 is 0 Å². The zero-order valence-corrected chi connectivity index (χ0v) is 12.5. The number of H-pyrrole nitrogens is 1.